The topological polar surface area (TPSA) is 38.3 Å². The van der Waals surface area contributed by atoms with Crippen molar-refractivity contribution in [3.8, 4) is 11.8 Å². The van der Waals surface area contributed by atoms with Gasteiger partial charge in [0.2, 0.25) is 0 Å². The van der Waals surface area contributed by atoms with Gasteiger partial charge in [-0.2, -0.15) is 0 Å². The molecule has 1 rings (SSSR count). The van der Waals surface area contributed by atoms with E-state index in [1.807, 2.05) is 18.2 Å². The van der Waals surface area contributed by atoms with Gasteiger partial charge in [-0.25, -0.2) is 4.79 Å². The van der Waals surface area contributed by atoms with E-state index in [0.29, 0.717) is 5.69 Å². The molecule has 0 bridgehead atoms. The van der Waals surface area contributed by atoms with Crippen molar-refractivity contribution in [2.24, 2.45) is 0 Å². The number of hydrogen-bond donors (Lipinski definition) is 1. The first-order valence-electron chi connectivity index (χ1n) is 4.33. The number of ether oxygens (including phenoxy) is 1. The number of carbonyl (C=O) groups excluding carboxylic acids is 1. The first-order valence-corrected chi connectivity index (χ1v) is 4.87. The van der Waals surface area contributed by atoms with Gasteiger partial charge in [0.15, 0.2) is 6.61 Å². The zero-order chi connectivity index (χ0) is 10.9. The van der Waals surface area contributed by atoms with Crippen LogP contribution in [0, 0.1) is 11.8 Å². The first kappa shape index (κ1) is 11.4. The SMILES string of the molecule is O=C(Nc1ccccc1)OCC#CCCl. The molecule has 1 aromatic rings. The first-order chi connectivity index (χ1) is 7.33. The molecule has 0 aliphatic carbocycles. The number of hydrogen-bond acceptors (Lipinski definition) is 2. The standard InChI is InChI=1S/C11H10ClNO2/c12-8-4-5-9-15-11(14)13-10-6-2-1-3-7-10/h1-3,6-7H,8-9H2,(H,13,14). The maximum atomic E-state index is 11.1. The summed E-state index contributed by atoms with van der Waals surface area (Å²) in [4.78, 5) is 11.1. The summed E-state index contributed by atoms with van der Waals surface area (Å²) < 4.78 is 4.77. The molecule has 0 radical (unpaired) electrons. The fraction of sp³-hybridized carbons (Fsp3) is 0.182. The van der Waals surface area contributed by atoms with E-state index in [1.54, 1.807) is 12.1 Å². The Morgan fingerprint density at radius 3 is 2.73 bits per heavy atom. The third-order valence-corrected chi connectivity index (χ3v) is 1.62. The van der Waals surface area contributed by atoms with E-state index in [0.717, 1.165) is 0 Å². The Morgan fingerprint density at radius 1 is 1.33 bits per heavy atom. The number of amides is 1. The summed E-state index contributed by atoms with van der Waals surface area (Å²) in [6.45, 7) is 0.0470. The van der Waals surface area contributed by atoms with Crippen molar-refractivity contribution in [1.82, 2.24) is 0 Å². The molecule has 0 saturated carbocycles. The van der Waals surface area contributed by atoms with Gasteiger partial charge in [0.05, 0.1) is 5.88 Å². The zero-order valence-corrected chi connectivity index (χ0v) is 8.75. The number of carbonyl (C=O) groups is 1. The van der Waals surface area contributed by atoms with E-state index >= 15 is 0 Å². The highest BCUT2D eigenvalue weighted by Crippen LogP contribution is 2.04. The van der Waals surface area contributed by atoms with Gasteiger partial charge in [0, 0.05) is 5.69 Å². The Labute approximate surface area is 93.4 Å². The minimum absolute atomic E-state index is 0.0470. The predicted octanol–water partition coefficient (Wildman–Crippen LogP) is 2.48. The van der Waals surface area contributed by atoms with E-state index in [1.165, 1.54) is 0 Å². The summed E-state index contributed by atoms with van der Waals surface area (Å²) >= 11 is 5.32. The van der Waals surface area contributed by atoms with Crippen molar-refractivity contribution in [3.05, 3.63) is 30.3 Å². The van der Waals surface area contributed by atoms with E-state index in [9.17, 15) is 4.79 Å². The van der Waals surface area contributed by atoms with Gasteiger partial charge < -0.3 is 4.74 Å². The maximum absolute atomic E-state index is 11.1. The van der Waals surface area contributed by atoms with Crippen molar-refractivity contribution >= 4 is 23.4 Å². The quantitative estimate of drug-likeness (QED) is 0.618. The summed E-state index contributed by atoms with van der Waals surface area (Å²) in [6, 6.07) is 9.05. The Kier molecular flexibility index (Phi) is 5.13. The third-order valence-electron chi connectivity index (χ3n) is 1.49. The number of halogens is 1. The summed E-state index contributed by atoms with van der Waals surface area (Å²) in [6.07, 6.45) is -0.523. The highest BCUT2D eigenvalue weighted by molar-refractivity contribution is 6.19. The smallest absolute Gasteiger partial charge is 0.412 e. The summed E-state index contributed by atoms with van der Waals surface area (Å²) in [5.74, 6) is 5.40. The minimum atomic E-state index is -0.523. The number of rotatable bonds is 2. The molecule has 15 heavy (non-hydrogen) atoms. The van der Waals surface area contributed by atoms with Crippen LogP contribution in [-0.4, -0.2) is 18.6 Å². The Morgan fingerprint density at radius 2 is 2.07 bits per heavy atom. The van der Waals surface area contributed by atoms with Crippen LogP contribution >= 0.6 is 11.6 Å². The molecule has 0 aliphatic heterocycles. The highest BCUT2D eigenvalue weighted by atomic mass is 35.5. The monoisotopic (exact) mass is 223 g/mol. The lowest BCUT2D eigenvalue weighted by Crippen LogP contribution is -2.13. The second-order valence-electron chi connectivity index (χ2n) is 2.55. The molecule has 1 aromatic carbocycles. The Balaban J connectivity index is 2.31. The molecular weight excluding hydrogens is 214 g/mol. The lowest BCUT2D eigenvalue weighted by Gasteiger charge is -2.03. The number of anilines is 1. The van der Waals surface area contributed by atoms with Crippen molar-refractivity contribution < 1.29 is 9.53 Å². The average Bonchev–Trinajstić information content (AvgIpc) is 2.26. The highest BCUT2D eigenvalue weighted by Gasteiger charge is 1.99. The normalized spacial score (nSPS) is 8.60. The molecule has 0 unspecified atom stereocenters. The van der Waals surface area contributed by atoms with Gasteiger partial charge in [0.1, 0.15) is 0 Å². The van der Waals surface area contributed by atoms with Gasteiger partial charge in [-0.15, -0.1) is 11.6 Å². The minimum Gasteiger partial charge on any atom is -0.436 e. The molecule has 78 valence electrons. The van der Waals surface area contributed by atoms with Gasteiger partial charge in [-0.05, 0) is 12.1 Å². The second-order valence-corrected chi connectivity index (χ2v) is 2.82. The van der Waals surface area contributed by atoms with Crippen LogP contribution < -0.4 is 5.32 Å². The van der Waals surface area contributed by atoms with E-state index in [4.69, 9.17) is 16.3 Å². The number of alkyl halides is 1. The summed E-state index contributed by atoms with van der Waals surface area (Å²) in [5, 5.41) is 2.56. The fourth-order valence-corrected chi connectivity index (χ4v) is 0.970. The molecule has 0 saturated heterocycles. The van der Waals surface area contributed by atoms with Crippen LogP contribution in [0.25, 0.3) is 0 Å². The van der Waals surface area contributed by atoms with Crippen LogP contribution in [0.3, 0.4) is 0 Å². The number of benzene rings is 1. The second kappa shape index (κ2) is 6.74. The van der Waals surface area contributed by atoms with Crippen LogP contribution in [0.2, 0.25) is 0 Å². The van der Waals surface area contributed by atoms with E-state index in [2.05, 4.69) is 17.2 Å². The van der Waals surface area contributed by atoms with Gasteiger partial charge in [-0.1, -0.05) is 30.0 Å². The fourth-order valence-electron chi connectivity index (χ4n) is 0.875. The van der Waals surface area contributed by atoms with E-state index < -0.39 is 6.09 Å². The van der Waals surface area contributed by atoms with Crippen molar-refractivity contribution in [2.75, 3.05) is 17.8 Å². The van der Waals surface area contributed by atoms with E-state index in [-0.39, 0.29) is 12.5 Å². The van der Waals surface area contributed by atoms with Crippen LogP contribution in [0.4, 0.5) is 10.5 Å². The Hall–Kier alpha value is -1.66. The van der Waals surface area contributed by atoms with Crippen LogP contribution in [-0.2, 0) is 4.74 Å². The third kappa shape index (κ3) is 4.94. The van der Waals surface area contributed by atoms with Crippen LogP contribution in [0.15, 0.2) is 30.3 Å². The molecule has 0 fully saturated rings. The molecule has 3 nitrogen and oxygen atoms in total. The average molecular weight is 224 g/mol. The molecule has 1 amide bonds. The van der Waals surface area contributed by atoms with Gasteiger partial charge in [-0.3, -0.25) is 5.32 Å². The summed E-state index contributed by atoms with van der Waals surface area (Å²) in [5.41, 5.74) is 0.688. The molecule has 0 aliphatic rings. The van der Waals surface area contributed by atoms with Crippen molar-refractivity contribution in [1.29, 1.82) is 0 Å². The molecule has 0 aromatic heterocycles. The summed E-state index contributed by atoms with van der Waals surface area (Å²) in [7, 11) is 0. The number of para-hydroxylation sites is 1. The van der Waals surface area contributed by atoms with Gasteiger partial charge in [0.25, 0.3) is 0 Å². The largest absolute Gasteiger partial charge is 0.436 e. The molecule has 4 heteroatoms. The molecule has 0 heterocycles. The van der Waals surface area contributed by atoms with Gasteiger partial charge >= 0.3 is 6.09 Å². The van der Waals surface area contributed by atoms with Crippen molar-refractivity contribution in [3.63, 3.8) is 0 Å². The molecule has 0 atom stereocenters. The van der Waals surface area contributed by atoms with Crippen LogP contribution in [0.1, 0.15) is 0 Å². The molecular formula is C11H10ClNO2. The lowest BCUT2D eigenvalue weighted by molar-refractivity contribution is 0.176. The number of nitrogens with one attached hydrogen (secondary N) is 1. The van der Waals surface area contributed by atoms with Crippen LogP contribution in [0.5, 0.6) is 0 Å². The Bertz CT molecular complexity index is 367. The molecule has 0 spiro atoms. The predicted molar refractivity (Wildman–Crippen MR) is 59.9 cm³/mol. The lowest BCUT2D eigenvalue weighted by atomic mass is 10.3. The maximum Gasteiger partial charge on any atom is 0.412 e. The van der Waals surface area contributed by atoms with Crippen molar-refractivity contribution in [2.45, 2.75) is 0 Å². The zero-order valence-electron chi connectivity index (χ0n) is 8.00. The molecule has 1 N–H and O–H groups in total.